The van der Waals surface area contributed by atoms with E-state index in [9.17, 15) is 9.18 Å². The third-order valence-electron chi connectivity index (χ3n) is 3.81. The second-order valence-electron chi connectivity index (χ2n) is 6.71. The molecule has 0 N–H and O–H groups in total. The van der Waals surface area contributed by atoms with E-state index in [2.05, 4.69) is 0 Å². The molecule has 1 aromatic carbocycles. The van der Waals surface area contributed by atoms with E-state index in [0.29, 0.717) is 30.8 Å². The number of likely N-dealkylation sites (tertiary alicyclic amines) is 1. The normalized spacial score (nSPS) is 15.3. The van der Waals surface area contributed by atoms with E-state index in [1.165, 1.54) is 7.11 Å². The molecule has 1 fully saturated rings. The average molecular weight is 344 g/mol. The highest BCUT2D eigenvalue weighted by Crippen LogP contribution is 2.41. The van der Waals surface area contributed by atoms with E-state index < -0.39 is 11.4 Å². The number of benzene rings is 1. The van der Waals surface area contributed by atoms with Gasteiger partial charge in [0.15, 0.2) is 0 Å². The fourth-order valence-electron chi connectivity index (χ4n) is 2.69. The molecule has 1 aliphatic heterocycles. The van der Waals surface area contributed by atoms with Gasteiger partial charge in [0.05, 0.1) is 12.1 Å². The van der Waals surface area contributed by atoms with Gasteiger partial charge in [-0.15, -0.1) is 0 Å². The number of hydrogen-bond acceptors (Lipinski definition) is 3. The molecular formula is C17H23ClFNO3. The van der Waals surface area contributed by atoms with E-state index >= 15 is 0 Å². The van der Waals surface area contributed by atoms with E-state index in [1.54, 1.807) is 11.0 Å². The Morgan fingerprint density at radius 2 is 2.04 bits per heavy atom. The first-order valence-electron chi connectivity index (χ1n) is 7.70. The van der Waals surface area contributed by atoms with Crippen LogP contribution in [-0.4, -0.2) is 36.8 Å². The monoisotopic (exact) mass is 343 g/mol. The van der Waals surface area contributed by atoms with Gasteiger partial charge in [-0.05, 0) is 38.8 Å². The smallest absolute Gasteiger partial charge is 0.410 e. The third kappa shape index (κ3) is 3.71. The number of halogens is 2. The van der Waals surface area contributed by atoms with Gasteiger partial charge < -0.3 is 14.4 Å². The molecule has 0 unspecified atom stereocenters. The number of hydrogen-bond donors (Lipinski definition) is 0. The number of nitrogens with zero attached hydrogens (tertiary/aromatic N) is 1. The number of carbonyl (C=O) groups excluding carboxylic acids is 1. The summed E-state index contributed by atoms with van der Waals surface area (Å²) in [6.45, 7) is 8.20. The van der Waals surface area contributed by atoms with Gasteiger partial charge in [0, 0.05) is 24.6 Å². The molecule has 6 heteroatoms. The second kappa shape index (κ2) is 6.56. The molecule has 4 nitrogen and oxygen atoms in total. The molecule has 23 heavy (non-hydrogen) atoms. The summed E-state index contributed by atoms with van der Waals surface area (Å²) >= 11 is 6.00. The predicted molar refractivity (Wildman–Crippen MR) is 87.9 cm³/mol. The lowest BCUT2D eigenvalue weighted by Gasteiger charge is -2.40. The summed E-state index contributed by atoms with van der Waals surface area (Å²) in [5.74, 6) is -0.0701. The van der Waals surface area contributed by atoms with Gasteiger partial charge in [-0.1, -0.05) is 18.5 Å². The van der Waals surface area contributed by atoms with E-state index in [1.807, 2.05) is 27.7 Å². The maximum absolute atomic E-state index is 14.5. The van der Waals surface area contributed by atoms with Crippen molar-refractivity contribution in [2.45, 2.75) is 45.6 Å². The molecular weight excluding hydrogens is 321 g/mol. The molecule has 2 rings (SSSR count). The van der Waals surface area contributed by atoms with Crippen LogP contribution in [-0.2, 0) is 11.2 Å². The Balaban J connectivity index is 2.19. The summed E-state index contributed by atoms with van der Waals surface area (Å²) in [4.78, 5) is 13.6. The van der Waals surface area contributed by atoms with Crippen LogP contribution < -0.4 is 4.74 Å². The van der Waals surface area contributed by atoms with E-state index in [4.69, 9.17) is 21.1 Å². The van der Waals surface area contributed by atoms with Crippen LogP contribution in [0.1, 0.15) is 44.7 Å². The zero-order valence-corrected chi connectivity index (χ0v) is 15.0. The minimum absolute atomic E-state index is 0.0911. The van der Waals surface area contributed by atoms with Gasteiger partial charge in [0.1, 0.15) is 17.2 Å². The minimum atomic E-state index is -0.545. The van der Waals surface area contributed by atoms with Crippen LogP contribution in [0.4, 0.5) is 9.18 Å². The molecule has 0 spiro atoms. The highest BCUT2D eigenvalue weighted by molar-refractivity contribution is 6.31. The van der Waals surface area contributed by atoms with Crippen LogP contribution >= 0.6 is 11.6 Å². The fraction of sp³-hybridized carbons (Fsp3) is 0.588. The van der Waals surface area contributed by atoms with Gasteiger partial charge >= 0.3 is 6.09 Å². The predicted octanol–water partition coefficient (Wildman–Crippen LogP) is 4.38. The standard InChI is InChI=1S/C17H23ClFNO3/c1-6-10-7-12(18)14(19)13(15(10)22-5)11-8-20(9-11)16(21)23-17(2,3)4/h7,11H,6,8-9H2,1-5H3. The van der Waals surface area contributed by atoms with Crippen LogP contribution in [0.25, 0.3) is 0 Å². The van der Waals surface area contributed by atoms with E-state index in [0.717, 1.165) is 5.56 Å². The summed E-state index contributed by atoms with van der Waals surface area (Å²) in [5, 5.41) is 0.0911. The van der Waals surface area contributed by atoms with Gasteiger partial charge in [0.25, 0.3) is 0 Å². The van der Waals surface area contributed by atoms with Crippen LogP contribution in [0.2, 0.25) is 5.02 Å². The Bertz CT molecular complexity index is 607. The van der Waals surface area contributed by atoms with Crippen molar-refractivity contribution in [3.63, 3.8) is 0 Å². The van der Waals surface area contributed by atoms with E-state index in [-0.39, 0.29) is 17.0 Å². The first kappa shape index (κ1) is 17.9. The SMILES string of the molecule is CCc1cc(Cl)c(F)c(C2CN(C(=O)OC(C)(C)C)C2)c1OC. The highest BCUT2D eigenvalue weighted by Gasteiger charge is 2.38. The molecule has 1 amide bonds. The number of carbonyl (C=O) groups is 1. The number of rotatable bonds is 3. The van der Waals surface area contributed by atoms with Crippen LogP contribution in [0, 0.1) is 5.82 Å². The quantitative estimate of drug-likeness (QED) is 0.817. The summed E-state index contributed by atoms with van der Waals surface area (Å²) in [5.41, 5.74) is 0.776. The molecule has 0 saturated carbocycles. The lowest BCUT2D eigenvalue weighted by atomic mass is 9.88. The Morgan fingerprint density at radius 3 is 2.52 bits per heavy atom. The molecule has 1 aliphatic rings. The molecule has 0 aliphatic carbocycles. The van der Waals surface area contributed by atoms with Crippen molar-refractivity contribution in [3.05, 3.63) is 28.0 Å². The molecule has 1 saturated heterocycles. The first-order valence-corrected chi connectivity index (χ1v) is 8.08. The summed E-state index contributed by atoms with van der Waals surface area (Å²) in [7, 11) is 1.52. The lowest BCUT2D eigenvalue weighted by Crippen LogP contribution is -2.50. The average Bonchev–Trinajstić information content (AvgIpc) is 2.39. The maximum atomic E-state index is 14.5. The summed E-state index contributed by atoms with van der Waals surface area (Å²) in [6, 6.07) is 1.60. The Kier molecular flexibility index (Phi) is 5.09. The molecule has 0 radical (unpaired) electrons. The molecule has 0 aromatic heterocycles. The van der Waals surface area contributed by atoms with Crippen molar-refractivity contribution >= 4 is 17.7 Å². The maximum Gasteiger partial charge on any atom is 0.410 e. The lowest BCUT2D eigenvalue weighted by molar-refractivity contribution is 0.00769. The Labute approximate surface area is 141 Å². The summed E-state index contributed by atoms with van der Waals surface area (Å²) < 4.78 is 25.2. The van der Waals surface area contributed by atoms with Crippen molar-refractivity contribution in [1.29, 1.82) is 0 Å². The van der Waals surface area contributed by atoms with Crippen molar-refractivity contribution in [2.24, 2.45) is 0 Å². The fourth-order valence-corrected chi connectivity index (χ4v) is 2.92. The van der Waals surface area contributed by atoms with Gasteiger partial charge in [-0.25, -0.2) is 9.18 Å². The topological polar surface area (TPSA) is 38.8 Å². The van der Waals surface area contributed by atoms with Crippen molar-refractivity contribution < 1.29 is 18.7 Å². The molecule has 1 heterocycles. The highest BCUT2D eigenvalue weighted by atomic mass is 35.5. The van der Waals surface area contributed by atoms with Crippen molar-refractivity contribution in [2.75, 3.05) is 20.2 Å². The van der Waals surface area contributed by atoms with Gasteiger partial charge in [-0.2, -0.15) is 0 Å². The minimum Gasteiger partial charge on any atom is -0.496 e. The number of methoxy groups -OCH3 is 1. The third-order valence-corrected chi connectivity index (χ3v) is 4.08. The van der Waals surface area contributed by atoms with Crippen LogP contribution in [0.5, 0.6) is 5.75 Å². The molecule has 128 valence electrons. The van der Waals surface area contributed by atoms with Crippen LogP contribution in [0.3, 0.4) is 0 Å². The number of ether oxygens (including phenoxy) is 2. The van der Waals surface area contributed by atoms with Gasteiger partial charge in [0.2, 0.25) is 0 Å². The second-order valence-corrected chi connectivity index (χ2v) is 7.12. The molecule has 1 aromatic rings. The van der Waals surface area contributed by atoms with Crippen LogP contribution in [0.15, 0.2) is 6.07 Å². The first-order chi connectivity index (χ1) is 10.7. The molecule has 0 bridgehead atoms. The Morgan fingerprint density at radius 1 is 1.43 bits per heavy atom. The molecule has 0 atom stereocenters. The largest absolute Gasteiger partial charge is 0.496 e. The Hall–Kier alpha value is -1.49. The zero-order valence-electron chi connectivity index (χ0n) is 14.2. The van der Waals surface area contributed by atoms with Crippen molar-refractivity contribution in [3.8, 4) is 5.75 Å². The summed E-state index contributed by atoms with van der Waals surface area (Å²) in [6.07, 6.45) is 0.310. The number of aryl methyl sites for hydroxylation is 1. The zero-order chi connectivity index (χ0) is 17.4. The van der Waals surface area contributed by atoms with Crippen molar-refractivity contribution in [1.82, 2.24) is 4.90 Å². The van der Waals surface area contributed by atoms with Gasteiger partial charge in [-0.3, -0.25) is 0 Å². The number of amides is 1.